The molecule has 16 heavy (non-hydrogen) atoms. The van der Waals surface area contributed by atoms with Gasteiger partial charge < -0.3 is 4.42 Å². The Balaban J connectivity index is 2.42. The number of hydrogen-bond acceptors (Lipinski definition) is 3. The molecule has 0 radical (unpaired) electrons. The van der Waals surface area contributed by atoms with E-state index in [0.29, 0.717) is 0 Å². The first kappa shape index (κ1) is 10.4. The highest BCUT2D eigenvalue weighted by Crippen LogP contribution is 2.28. The second kappa shape index (κ2) is 3.81. The summed E-state index contributed by atoms with van der Waals surface area (Å²) in [5.74, 6) is 0.869. The number of rotatable bonds is 2. The molecule has 2 rings (SSSR count). The zero-order chi connectivity index (χ0) is 11.7. The minimum Gasteiger partial charge on any atom is -0.469 e. The van der Waals surface area contributed by atoms with E-state index >= 15 is 0 Å². The van der Waals surface area contributed by atoms with Gasteiger partial charge in [0.25, 0.3) is 5.69 Å². The van der Waals surface area contributed by atoms with Crippen LogP contribution in [0.2, 0.25) is 0 Å². The van der Waals surface area contributed by atoms with Gasteiger partial charge in [-0.25, -0.2) is 0 Å². The molecule has 0 fully saturated rings. The highest BCUT2D eigenvalue weighted by molar-refractivity contribution is 5.67. The molecule has 0 unspecified atom stereocenters. The summed E-state index contributed by atoms with van der Waals surface area (Å²) in [7, 11) is 0. The lowest BCUT2D eigenvalue weighted by atomic mass is 10.0. The lowest BCUT2D eigenvalue weighted by Gasteiger charge is -1.98. The highest BCUT2D eigenvalue weighted by atomic mass is 16.6. The molecule has 0 aliphatic rings. The van der Waals surface area contributed by atoms with Crippen LogP contribution in [0.15, 0.2) is 34.9 Å². The van der Waals surface area contributed by atoms with Crippen molar-refractivity contribution in [3.05, 3.63) is 52.0 Å². The van der Waals surface area contributed by atoms with E-state index in [4.69, 9.17) is 4.42 Å². The average molecular weight is 217 g/mol. The average Bonchev–Trinajstić information content (AvgIpc) is 2.60. The molecule has 0 amide bonds. The fourth-order valence-corrected chi connectivity index (χ4v) is 1.56. The van der Waals surface area contributed by atoms with E-state index in [1.54, 1.807) is 18.4 Å². The van der Waals surface area contributed by atoms with Crippen molar-refractivity contribution in [3.63, 3.8) is 0 Å². The fourth-order valence-electron chi connectivity index (χ4n) is 1.56. The van der Waals surface area contributed by atoms with Crippen molar-refractivity contribution in [3.8, 4) is 11.1 Å². The van der Waals surface area contributed by atoms with E-state index in [0.717, 1.165) is 22.5 Å². The number of benzene rings is 1. The third-order valence-electron chi connectivity index (χ3n) is 2.67. The number of nitro groups is 1. The molecule has 4 heteroatoms. The molecule has 1 heterocycles. The van der Waals surface area contributed by atoms with Crippen molar-refractivity contribution in [2.24, 2.45) is 0 Å². The molecule has 1 aromatic carbocycles. The van der Waals surface area contributed by atoms with Crippen molar-refractivity contribution in [2.75, 3.05) is 0 Å². The summed E-state index contributed by atoms with van der Waals surface area (Å²) in [6.45, 7) is 3.86. The standard InChI is InChI=1S/C12H11NO3/c1-8-9(2)16-7-12(8)10-3-5-11(6-4-10)13(14)15/h3-7H,1-2H3. The van der Waals surface area contributed by atoms with Gasteiger partial charge in [-0.2, -0.15) is 0 Å². The Kier molecular flexibility index (Phi) is 2.48. The maximum atomic E-state index is 10.5. The Labute approximate surface area is 92.7 Å². The number of nitro benzene ring substituents is 1. The van der Waals surface area contributed by atoms with E-state index in [2.05, 4.69) is 0 Å². The molecule has 0 atom stereocenters. The summed E-state index contributed by atoms with van der Waals surface area (Å²) in [4.78, 5) is 10.1. The summed E-state index contributed by atoms with van der Waals surface area (Å²) >= 11 is 0. The summed E-state index contributed by atoms with van der Waals surface area (Å²) in [5.41, 5.74) is 3.07. The van der Waals surface area contributed by atoms with Crippen LogP contribution in [0.1, 0.15) is 11.3 Å². The number of aryl methyl sites for hydroxylation is 1. The van der Waals surface area contributed by atoms with E-state index in [1.165, 1.54) is 12.1 Å². The van der Waals surface area contributed by atoms with Crippen molar-refractivity contribution in [1.29, 1.82) is 0 Å². The van der Waals surface area contributed by atoms with E-state index < -0.39 is 4.92 Å². The smallest absolute Gasteiger partial charge is 0.269 e. The molecule has 4 nitrogen and oxygen atoms in total. The Bertz CT molecular complexity index is 526. The van der Waals surface area contributed by atoms with Gasteiger partial charge >= 0.3 is 0 Å². The molecule has 0 saturated heterocycles. The fraction of sp³-hybridized carbons (Fsp3) is 0.167. The largest absolute Gasteiger partial charge is 0.469 e. The molecule has 0 saturated carbocycles. The Morgan fingerprint density at radius 2 is 1.81 bits per heavy atom. The van der Waals surface area contributed by atoms with Gasteiger partial charge in [0.1, 0.15) is 5.76 Å². The van der Waals surface area contributed by atoms with Crippen LogP contribution in [0.3, 0.4) is 0 Å². The van der Waals surface area contributed by atoms with Gasteiger partial charge in [-0.1, -0.05) is 0 Å². The maximum Gasteiger partial charge on any atom is 0.269 e. The van der Waals surface area contributed by atoms with Gasteiger partial charge in [-0.3, -0.25) is 10.1 Å². The monoisotopic (exact) mass is 217 g/mol. The second-order valence-electron chi connectivity index (χ2n) is 3.63. The Morgan fingerprint density at radius 1 is 1.19 bits per heavy atom. The molecule has 0 aliphatic heterocycles. The topological polar surface area (TPSA) is 56.3 Å². The van der Waals surface area contributed by atoms with Crippen LogP contribution in [0.4, 0.5) is 5.69 Å². The van der Waals surface area contributed by atoms with Crippen LogP contribution in [0.5, 0.6) is 0 Å². The Hall–Kier alpha value is -2.10. The SMILES string of the molecule is Cc1occ(-c2ccc([N+](=O)[O-])cc2)c1C. The second-order valence-corrected chi connectivity index (χ2v) is 3.63. The van der Waals surface area contributed by atoms with Gasteiger partial charge in [0.05, 0.1) is 11.2 Å². The predicted octanol–water partition coefficient (Wildman–Crippen LogP) is 3.47. The third kappa shape index (κ3) is 1.69. The zero-order valence-corrected chi connectivity index (χ0v) is 9.06. The quantitative estimate of drug-likeness (QED) is 0.571. The van der Waals surface area contributed by atoms with Gasteiger partial charge in [0, 0.05) is 17.7 Å². The van der Waals surface area contributed by atoms with Crippen LogP contribution in [-0.4, -0.2) is 4.92 Å². The first-order valence-corrected chi connectivity index (χ1v) is 4.89. The first-order valence-electron chi connectivity index (χ1n) is 4.89. The normalized spacial score (nSPS) is 10.4. The molecule has 0 aliphatic carbocycles. The number of nitrogens with zero attached hydrogens (tertiary/aromatic N) is 1. The van der Waals surface area contributed by atoms with Crippen LogP contribution in [0, 0.1) is 24.0 Å². The van der Waals surface area contributed by atoms with Crippen molar-refractivity contribution < 1.29 is 9.34 Å². The lowest BCUT2D eigenvalue weighted by Crippen LogP contribution is -1.87. The molecular weight excluding hydrogens is 206 g/mol. The zero-order valence-electron chi connectivity index (χ0n) is 9.06. The van der Waals surface area contributed by atoms with E-state index in [9.17, 15) is 10.1 Å². The van der Waals surface area contributed by atoms with E-state index in [-0.39, 0.29) is 5.69 Å². The van der Waals surface area contributed by atoms with Crippen LogP contribution in [-0.2, 0) is 0 Å². The summed E-state index contributed by atoms with van der Waals surface area (Å²) in [5, 5.41) is 10.5. The molecule has 2 aromatic rings. The van der Waals surface area contributed by atoms with Gasteiger partial charge in [-0.15, -0.1) is 0 Å². The van der Waals surface area contributed by atoms with Crippen molar-refractivity contribution in [2.45, 2.75) is 13.8 Å². The predicted molar refractivity (Wildman–Crippen MR) is 60.3 cm³/mol. The minimum atomic E-state index is -0.406. The molecule has 0 bridgehead atoms. The molecule has 82 valence electrons. The van der Waals surface area contributed by atoms with Crippen molar-refractivity contribution in [1.82, 2.24) is 0 Å². The molecular formula is C12H11NO3. The maximum absolute atomic E-state index is 10.5. The van der Waals surface area contributed by atoms with Crippen molar-refractivity contribution >= 4 is 5.69 Å². The van der Waals surface area contributed by atoms with Gasteiger partial charge in [0.2, 0.25) is 0 Å². The number of furan rings is 1. The summed E-state index contributed by atoms with van der Waals surface area (Å²) in [6.07, 6.45) is 1.67. The highest BCUT2D eigenvalue weighted by Gasteiger charge is 2.10. The number of hydrogen-bond donors (Lipinski definition) is 0. The number of non-ortho nitro benzene ring substituents is 1. The summed E-state index contributed by atoms with van der Waals surface area (Å²) < 4.78 is 5.29. The molecule has 0 N–H and O–H groups in total. The lowest BCUT2D eigenvalue weighted by molar-refractivity contribution is -0.384. The third-order valence-corrected chi connectivity index (χ3v) is 2.67. The van der Waals surface area contributed by atoms with Crippen LogP contribution in [0.25, 0.3) is 11.1 Å². The summed E-state index contributed by atoms with van der Waals surface area (Å²) in [6, 6.07) is 6.46. The van der Waals surface area contributed by atoms with E-state index in [1.807, 2.05) is 13.8 Å². The molecule has 0 spiro atoms. The van der Waals surface area contributed by atoms with Crippen LogP contribution >= 0.6 is 0 Å². The molecule has 1 aromatic heterocycles. The minimum absolute atomic E-state index is 0.0987. The Morgan fingerprint density at radius 3 is 2.25 bits per heavy atom. The van der Waals surface area contributed by atoms with Gasteiger partial charge in [0.15, 0.2) is 0 Å². The van der Waals surface area contributed by atoms with Crippen LogP contribution < -0.4 is 0 Å². The first-order chi connectivity index (χ1) is 7.59. The van der Waals surface area contributed by atoms with Gasteiger partial charge in [-0.05, 0) is 37.1 Å².